The number of aryl methyl sites for hydroxylation is 2. The van der Waals surface area contributed by atoms with Crippen LogP contribution >= 0.6 is 0 Å². The third kappa shape index (κ3) is 6.33. The lowest BCUT2D eigenvalue weighted by Gasteiger charge is -2.15. The molecule has 1 aromatic carbocycles. The number of carboxylic acid groups (broad SMARTS) is 2. The molecule has 1 aliphatic rings. The first-order valence-corrected chi connectivity index (χ1v) is 10.7. The number of aromatic nitrogens is 3. The van der Waals surface area contributed by atoms with Crippen LogP contribution in [0.1, 0.15) is 39.3 Å². The van der Waals surface area contributed by atoms with E-state index in [1.165, 1.54) is 0 Å². The van der Waals surface area contributed by atoms with E-state index in [4.69, 9.17) is 15.6 Å². The zero-order chi connectivity index (χ0) is 25.6. The number of carbonyl (C=O) groups is 2. The Balaban J connectivity index is 0.000000429. The molecular formula is C24H23F3N4O4. The molecule has 0 bridgehead atoms. The summed E-state index contributed by atoms with van der Waals surface area (Å²) in [7, 11) is 0. The molecule has 2 aromatic heterocycles. The van der Waals surface area contributed by atoms with E-state index in [1.54, 1.807) is 4.68 Å². The van der Waals surface area contributed by atoms with E-state index >= 15 is 0 Å². The maximum absolute atomic E-state index is 11.8. The van der Waals surface area contributed by atoms with E-state index in [-0.39, 0.29) is 5.69 Å². The summed E-state index contributed by atoms with van der Waals surface area (Å²) in [5.41, 5.74) is 11.4. The number of aromatic carboxylic acids is 1. The second-order valence-corrected chi connectivity index (χ2v) is 7.66. The molecule has 3 aromatic rings. The molecule has 4 N–H and O–H groups in total. The number of hydrogen-bond donors (Lipinski definition) is 3. The molecule has 8 nitrogen and oxygen atoms in total. The Morgan fingerprint density at radius 2 is 1.80 bits per heavy atom. The minimum absolute atomic E-state index is 0.285. The van der Waals surface area contributed by atoms with Gasteiger partial charge in [0.2, 0.25) is 0 Å². The summed E-state index contributed by atoms with van der Waals surface area (Å²) in [6, 6.07) is 12.0. The van der Waals surface area contributed by atoms with E-state index in [1.807, 2.05) is 54.7 Å². The van der Waals surface area contributed by atoms with Crippen molar-refractivity contribution in [1.29, 1.82) is 0 Å². The van der Waals surface area contributed by atoms with Crippen LogP contribution in [0.25, 0.3) is 23.4 Å². The molecule has 0 amide bonds. The van der Waals surface area contributed by atoms with Crippen molar-refractivity contribution in [2.45, 2.75) is 32.0 Å². The van der Waals surface area contributed by atoms with Crippen LogP contribution in [0.4, 0.5) is 13.2 Å². The van der Waals surface area contributed by atoms with Crippen LogP contribution < -0.4 is 5.73 Å². The molecule has 0 spiro atoms. The molecule has 0 fully saturated rings. The van der Waals surface area contributed by atoms with Crippen molar-refractivity contribution in [3.05, 3.63) is 70.7 Å². The molecule has 4 rings (SSSR count). The normalized spacial score (nSPS) is 12.5. The van der Waals surface area contributed by atoms with Crippen LogP contribution in [0.5, 0.6) is 0 Å². The van der Waals surface area contributed by atoms with Gasteiger partial charge in [-0.2, -0.15) is 18.3 Å². The summed E-state index contributed by atoms with van der Waals surface area (Å²) < 4.78 is 33.3. The summed E-state index contributed by atoms with van der Waals surface area (Å²) in [6.07, 6.45) is 2.89. The number of pyridine rings is 1. The average molecular weight is 488 g/mol. The Morgan fingerprint density at radius 1 is 1.11 bits per heavy atom. The third-order valence-corrected chi connectivity index (χ3v) is 5.22. The summed E-state index contributed by atoms with van der Waals surface area (Å²) in [6.45, 7) is 1.00. The number of halogens is 3. The van der Waals surface area contributed by atoms with E-state index in [0.717, 1.165) is 40.1 Å². The van der Waals surface area contributed by atoms with Gasteiger partial charge in [0, 0.05) is 23.9 Å². The van der Waals surface area contributed by atoms with Crippen LogP contribution in [0.2, 0.25) is 0 Å². The maximum Gasteiger partial charge on any atom is 0.490 e. The van der Waals surface area contributed by atoms with Crippen molar-refractivity contribution in [1.82, 2.24) is 14.8 Å². The Morgan fingerprint density at radius 3 is 2.40 bits per heavy atom. The summed E-state index contributed by atoms with van der Waals surface area (Å²) >= 11 is 0. The van der Waals surface area contributed by atoms with Crippen LogP contribution in [-0.4, -0.2) is 49.6 Å². The smallest absolute Gasteiger partial charge is 0.477 e. The number of fused-ring (bicyclic) bond motifs is 3. The molecule has 1 aliphatic carbocycles. The van der Waals surface area contributed by atoms with Crippen molar-refractivity contribution in [3.8, 4) is 11.3 Å². The van der Waals surface area contributed by atoms with Crippen LogP contribution in [0, 0.1) is 0 Å². The fourth-order valence-electron chi connectivity index (χ4n) is 3.61. The van der Waals surface area contributed by atoms with Gasteiger partial charge in [0.05, 0.1) is 11.4 Å². The number of rotatable bonds is 6. The minimum atomic E-state index is -5.08. The fourth-order valence-corrected chi connectivity index (χ4v) is 3.61. The van der Waals surface area contributed by atoms with Gasteiger partial charge >= 0.3 is 18.1 Å². The van der Waals surface area contributed by atoms with Crippen LogP contribution in [0.15, 0.2) is 42.6 Å². The molecule has 0 saturated carbocycles. The van der Waals surface area contributed by atoms with E-state index < -0.39 is 18.1 Å². The number of nitrogens with zero attached hydrogens (tertiary/aromatic N) is 3. The number of benzene rings is 1. The largest absolute Gasteiger partial charge is 0.490 e. The molecule has 0 aliphatic heterocycles. The van der Waals surface area contributed by atoms with Crippen molar-refractivity contribution in [2.24, 2.45) is 5.73 Å². The van der Waals surface area contributed by atoms with E-state index in [2.05, 4.69) is 10.1 Å². The molecular weight excluding hydrogens is 465 g/mol. The average Bonchev–Trinajstić information content (AvgIpc) is 3.21. The Labute approximate surface area is 198 Å². The van der Waals surface area contributed by atoms with Gasteiger partial charge in [-0.15, -0.1) is 0 Å². The SMILES string of the molecule is NCCCn1nc2c(c1C(=O)O)CCc1cnc(C=Cc3ccccc3)cc1-2.O=C(O)C(F)(F)F. The molecule has 184 valence electrons. The van der Waals surface area contributed by atoms with Gasteiger partial charge in [0.1, 0.15) is 5.69 Å². The van der Waals surface area contributed by atoms with Gasteiger partial charge in [0.15, 0.2) is 0 Å². The highest BCUT2D eigenvalue weighted by Gasteiger charge is 2.38. The summed E-state index contributed by atoms with van der Waals surface area (Å²) in [4.78, 5) is 25.3. The Bertz CT molecular complexity index is 1240. The van der Waals surface area contributed by atoms with Crippen LogP contribution in [-0.2, 0) is 24.2 Å². The second-order valence-electron chi connectivity index (χ2n) is 7.66. The zero-order valence-corrected chi connectivity index (χ0v) is 18.5. The van der Waals surface area contributed by atoms with Crippen molar-refractivity contribution >= 4 is 24.1 Å². The van der Waals surface area contributed by atoms with Crippen LogP contribution in [0.3, 0.4) is 0 Å². The topological polar surface area (TPSA) is 131 Å². The predicted octanol–water partition coefficient (Wildman–Crippen LogP) is 3.89. The molecule has 35 heavy (non-hydrogen) atoms. The molecule has 0 unspecified atom stereocenters. The number of hydrogen-bond acceptors (Lipinski definition) is 5. The number of aliphatic carboxylic acids is 1. The van der Waals surface area contributed by atoms with Gasteiger partial charge in [-0.05, 0) is 49.1 Å². The van der Waals surface area contributed by atoms with Gasteiger partial charge in [-0.1, -0.05) is 36.4 Å². The number of carboxylic acids is 2. The standard InChI is InChI=1S/C22H22N4O2.C2HF3O2/c23-11-4-12-26-21(22(27)28)18-10-8-16-14-24-17(13-19(16)20(18)25-26)9-7-15-5-2-1-3-6-15;3-2(4,5)1(6)7/h1-3,5-7,9,13-14H,4,8,10-12,23H2,(H,27,28);(H,6,7). The lowest BCUT2D eigenvalue weighted by Crippen LogP contribution is -2.21. The summed E-state index contributed by atoms with van der Waals surface area (Å²) in [5, 5.41) is 21.5. The first-order valence-electron chi connectivity index (χ1n) is 10.7. The number of alkyl halides is 3. The van der Waals surface area contributed by atoms with Gasteiger partial charge in [-0.3, -0.25) is 9.67 Å². The highest BCUT2D eigenvalue weighted by Crippen LogP contribution is 2.35. The van der Waals surface area contributed by atoms with Gasteiger partial charge < -0.3 is 15.9 Å². The quantitative estimate of drug-likeness (QED) is 0.480. The van der Waals surface area contributed by atoms with Gasteiger partial charge in [-0.25, -0.2) is 9.59 Å². The zero-order valence-electron chi connectivity index (χ0n) is 18.5. The van der Waals surface area contributed by atoms with Crippen molar-refractivity contribution < 1.29 is 33.0 Å². The molecule has 0 atom stereocenters. The molecule has 0 saturated heterocycles. The monoisotopic (exact) mass is 488 g/mol. The maximum atomic E-state index is 11.8. The number of nitrogens with two attached hydrogens (primary N) is 1. The molecule has 11 heteroatoms. The molecule has 2 heterocycles. The lowest BCUT2D eigenvalue weighted by molar-refractivity contribution is -0.192. The Kier molecular flexibility index (Phi) is 8.02. The van der Waals surface area contributed by atoms with Gasteiger partial charge in [0.25, 0.3) is 0 Å². The van der Waals surface area contributed by atoms with E-state index in [9.17, 15) is 23.1 Å². The highest BCUT2D eigenvalue weighted by molar-refractivity contribution is 5.91. The lowest BCUT2D eigenvalue weighted by atomic mass is 9.89. The fraction of sp³-hybridized carbons (Fsp3) is 0.250. The summed E-state index contributed by atoms with van der Waals surface area (Å²) in [5.74, 6) is -3.69. The third-order valence-electron chi connectivity index (χ3n) is 5.22. The first-order chi connectivity index (χ1) is 16.6. The van der Waals surface area contributed by atoms with E-state index in [0.29, 0.717) is 25.9 Å². The second kappa shape index (κ2) is 11.0. The first kappa shape index (κ1) is 25.6. The Hall–Kier alpha value is -3.99. The highest BCUT2D eigenvalue weighted by atomic mass is 19.4. The van der Waals surface area contributed by atoms with Crippen molar-refractivity contribution in [3.63, 3.8) is 0 Å². The van der Waals surface area contributed by atoms with Crippen molar-refractivity contribution in [2.75, 3.05) is 6.54 Å². The predicted molar refractivity (Wildman–Crippen MR) is 123 cm³/mol. The molecule has 0 radical (unpaired) electrons. The minimum Gasteiger partial charge on any atom is -0.477 e.